The molecule has 2 aromatic heterocycles. The molecule has 5 rings (SSSR count). The van der Waals surface area contributed by atoms with Crippen LogP contribution in [0.1, 0.15) is 33.8 Å². The number of aromatic nitrogens is 2. The highest BCUT2D eigenvalue weighted by Crippen LogP contribution is 2.42. The molecule has 2 N–H and O–H groups in total. The van der Waals surface area contributed by atoms with Gasteiger partial charge in [-0.2, -0.15) is 0 Å². The fraction of sp³-hybridized carbons (Fsp3) is 0.148. The summed E-state index contributed by atoms with van der Waals surface area (Å²) in [5.74, 6) is -0.398. The predicted octanol–water partition coefficient (Wildman–Crippen LogP) is 4.21. The minimum atomic E-state index is -3.40. The number of nitrogens with zero attached hydrogens (tertiary/aromatic N) is 3. The van der Waals surface area contributed by atoms with E-state index >= 15 is 0 Å². The molecule has 0 radical (unpaired) electrons. The first-order valence-corrected chi connectivity index (χ1v) is 14.0. The van der Waals surface area contributed by atoms with E-state index in [2.05, 4.69) is 15.0 Å². The molecule has 2 atom stereocenters. The standard InChI is InChI=1S/C27H25N5O4S2/c1-36-26(33)18-8-12-20(13-9-18)31-17-5-7-23(31)25-24(22-6-3-4-16-28-22)29-27(37)32(25)21-14-10-19(11-15-21)30-38(2,34)35/h3-17,24-25,30H,1-2H3,(H,29,37)/t24-,25+/m0/s1. The molecule has 4 aromatic rings. The fourth-order valence-electron chi connectivity index (χ4n) is 4.58. The van der Waals surface area contributed by atoms with E-state index < -0.39 is 16.0 Å². The van der Waals surface area contributed by atoms with Crippen LogP contribution in [0.4, 0.5) is 11.4 Å². The number of ether oxygens (including phenoxy) is 1. The van der Waals surface area contributed by atoms with Crippen molar-refractivity contribution in [3.05, 3.63) is 108 Å². The van der Waals surface area contributed by atoms with Crippen LogP contribution in [0.2, 0.25) is 0 Å². The minimum absolute atomic E-state index is 0.263. The molecule has 11 heteroatoms. The van der Waals surface area contributed by atoms with Crippen LogP contribution in [0, 0.1) is 0 Å². The summed E-state index contributed by atoms with van der Waals surface area (Å²) in [5.41, 5.74) is 4.34. The highest BCUT2D eigenvalue weighted by atomic mass is 32.2. The van der Waals surface area contributed by atoms with Crippen LogP contribution in [-0.2, 0) is 14.8 Å². The number of rotatable bonds is 7. The summed E-state index contributed by atoms with van der Waals surface area (Å²) in [6.07, 6.45) is 4.81. The molecule has 2 aromatic carbocycles. The summed E-state index contributed by atoms with van der Waals surface area (Å²) in [7, 11) is -2.05. The SMILES string of the molecule is COC(=O)c1ccc(-n2cccc2[C@@H]2[C@H](c3ccccn3)NC(=S)N2c2ccc(NS(C)(=O)=O)cc2)cc1. The molecule has 0 unspecified atom stereocenters. The predicted molar refractivity (Wildman–Crippen MR) is 150 cm³/mol. The Kier molecular flexibility index (Phi) is 6.87. The normalized spacial score (nSPS) is 17.2. The van der Waals surface area contributed by atoms with Crippen LogP contribution in [0.3, 0.4) is 0 Å². The number of nitrogens with one attached hydrogen (secondary N) is 2. The summed E-state index contributed by atoms with van der Waals surface area (Å²) in [6, 6.07) is 23.4. The van der Waals surface area contributed by atoms with Crippen molar-refractivity contribution >= 4 is 44.7 Å². The molecule has 0 bridgehead atoms. The van der Waals surface area contributed by atoms with Crippen molar-refractivity contribution < 1.29 is 17.9 Å². The average Bonchev–Trinajstić information content (AvgIpc) is 3.53. The number of carbonyl (C=O) groups excluding carboxylic acids is 1. The van der Waals surface area contributed by atoms with E-state index in [0.717, 1.165) is 29.0 Å². The molecule has 194 valence electrons. The van der Waals surface area contributed by atoms with Crippen LogP contribution in [0.25, 0.3) is 5.69 Å². The quantitative estimate of drug-likeness (QED) is 0.262. The zero-order chi connectivity index (χ0) is 26.9. The number of esters is 1. The topological polar surface area (TPSA) is 106 Å². The Hall–Kier alpha value is -4.22. The van der Waals surface area contributed by atoms with Gasteiger partial charge in [-0.3, -0.25) is 9.71 Å². The smallest absolute Gasteiger partial charge is 0.337 e. The second kappa shape index (κ2) is 10.3. The minimum Gasteiger partial charge on any atom is -0.465 e. The van der Waals surface area contributed by atoms with Gasteiger partial charge in [-0.1, -0.05) is 6.07 Å². The molecule has 1 aliphatic heterocycles. The van der Waals surface area contributed by atoms with E-state index in [0.29, 0.717) is 16.4 Å². The highest BCUT2D eigenvalue weighted by molar-refractivity contribution is 7.92. The third kappa shape index (κ3) is 5.11. The lowest BCUT2D eigenvalue weighted by Gasteiger charge is -2.29. The van der Waals surface area contributed by atoms with Crippen molar-refractivity contribution in [3.63, 3.8) is 0 Å². The summed E-state index contributed by atoms with van der Waals surface area (Å²) in [4.78, 5) is 18.5. The number of hydrogen-bond donors (Lipinski definition) is 2. The van der Waals surface area contributed by atoms with Gasteiger partial charge in [-0.05, 0) is 85.0 Å². The first-order chi connectivity index (χ1) is 18.2. The maximum atomic E-state index is 11.9. The number of sulfonamides is 1. The molecule has 0 spiro atoms. The Bertz CT molecular complexity index is 1570. The Morgan fingerprint density at radius 1 is 1.00 bits per heavy atom. The van der Waals surface area contributed by atoms with Gasteiger partial charge in [0.2, 0.25) is 10.0 Å². The number of hydrogen-bond acceptors (Lipinski definition) is 6. The summed E-state index contributed by atoms with van der Waals surface area (Å²) in [5, 5.41) is 3.95. The zero-order valence-corrected chi connectivity index (χ0v) is 22.2. The van der Waals surface area contributed by atoms with E-state index in [9.17, 15) is 13.2 Å². The largest absolute Gasteiger partial charge is 0.465 e. The molecule has 0 saturated carbocycles. The van der Waals surface area contributed by atoms with Crippen molar-refractivity contribution in [3.8, 4) is 5.69 Å². The maximum absolute atomic E-state index is 11.9. The molecule has 1 aliphatic rings. The van der Waals surface area contributed by atoms with E-state index in [1.165, 1.54) is 7.11 Å². The third-order valence-corrected chi connectivity index (χ3v) is 7.12. The number of anilines is 2. The number of pyridine rings is 1. The first kappa shape index (κ1) is 25.4. The molecule has 1 fully saturated rings. The first-order valence-electron chi connectivity index (χ1n) is 11.7. The maximum Gasteiger partial charge on any atom is 0.337 e. The Balaban J connectivity index is 1.58. The third-order valence-electron chi connectivity index (χ3n) is 6.20. The van der Waals surface area contributed by atoms with Gasteiger partial charge in [0, 0.05) is 35.1 Å². The Labute approximate surface area is 226 Å². The molecule has 3 heterocycles. The van der Waals surface area contributed by atoms with Crippen molar-refractivity contribution in [2.45, 2.75) is 12.1 Å². The van der Waals surface area contributed by atoms with Gasteiger partial charge in [0.25, 0.3) is 0 Å². The van der Waals surface area contributed by atoms with E-state index in [1.807, 2.05) is 70.3 Å². The number of methoxy groups -OCH3 is 1. The van der Waals surface area contributed by atoms with Crippen molar-refractivity contribution in [1.82, 2.24) is 14.9 Å². The van der Waals surface area contributed by atoms with Gasteiger partial charge in [0.05, 0.1) is 30.7 Å². The van der Waals surface area contributed by atoms with Gasteiger partial charge >= 0.3 is 5.97 Å². The van der Waals surface area contributed by atoms with Gasteiger partial charge in [0.15, 0.2) is 5.11 Å². The van der Waals surface area contributed by atoms with Crippen molar-refractivity contribution in [1.29, 1.82) is 0 Å². The summed E-state index contributed by atoms with van der Waals surface area (Å²) < 4.78 is 32.7. The van der Waals surface area contributed by atoms with Gasteiger partial charge < -0.3 is 19.5 Å². The second-order valence-corrected chi connectivity index (χ2v) is 10.9. The van der Waals surface area contributed by atoms with E-state index in [-0.39, 0.29) is 12.1 Å². The molecule has 1 saturated heterocycles. The molecular formula is C27H25N5O4S2. The van der Waals surface area contributed by atoms with Crippen LogP contribution in [-0.4, -0.2) is 42.4 Å². The zero-order valence-electron chi connectivity index (χ0n) is 20.6. The Morgan fingerprint density at radius 3 is 2.34 bits per heavy atom. The molecule has 0 aliphatic carbocycles. The lowest BCUT2D eigenvalue weighted by Crippen LogP contribution is -2.30. The van der Waals surface area contributed by atoms with E-state index in [1.54, 1.807) is 30.5 Å². The monoisotopic (exact) mass is 547 g/mol. The summed E-state index contributed by atoms with van der Waals surface area (Å²) in [6.45, 7) is 0. The summed E-state index contributed by atoms with van der Waals surface area (Å²) >= 11 is 5.81. The number of carbonyl (C=O) groups is 1. The molecule has 38 heavy (non-hydrogen) atoms. The number of thiocarbonyl (C=S) groups is 1. The van der Waals surface area contributed by atoms with Gasteiger partial charge in [-0.15, -0.1) is 0 Å². The fourth-order valence-corrected chi connectivity index (χ4v) is 5.49. The van der Waals surface area contributed by atoms with Crippen LogP contribution in [0.15, 0.2) is 91.3 Å². The average molecular weight is 548 g/mol. The van der Waals surface area contributed by atoms with Gasteiger partial charge in [-0.25, -0.2) is 13.2 Å². The lowest BCUT2D eigenvalue weighted by atomic mass is 10.0. The lowest BCUT2D eigenvalue weighted by molar-refractivity contribution is 0.0600. The van der Waals surface area contributed by atoms with Crippen LogP contribution in [0.5, 0.6) is 0 Å². The molecular weight excluding hydrogens is 522 g/mol. The van der Waals surface area contributed by atoms with Crippen molar-refractivity contribution in [2.75, 3.05) is 23.0 Å². The Morgan fingerprint density at radius 2 is 1.71 bits per heavy atom. The van der Waals surface area contributed by atoms with Gasteiger partial charge in [0.1, 0.15) is 6.04 Å². The second-order valence-electron chi connectivity index (χ2n) is 8.76. The number of benzene rings is 2. The molecule has 9 nitrogen and oxygen atoms in total. The molecule has 0 amide bonds. The van der Waals surface area contributed by atoms with Crippen LogP contribution >= 0.6 is 12.2 Å². The van der Waals surface area contributed by atoms with E-state index in [4.69, 9.17) is 17.0 Å². The van der Waals surface area contributed by atoms with Crippen molar-refractivity contribution in [2.24, 2.45) is 0 Å². The highest BCUT2D eigenvalue weighted by Gasteiger charge is 2.42. The van der Waals surface area contributed by atoms with Crippen LogP contribution < -0.4 is 14.9 Å².